The van der Waals surface area contributed by atoms with Crippen molar-refractivity contribution in [2.24, 2.45) is 0 Å². The van der Waals surface area contributed by atoms with Gasteiger partial charge in [0.25, 0.3) is 5.91 Å². The number of aromatic nitrogens is 1. The van der Waals surface area contributed by atoms with Crippen LogP contribution in [0.3, 0.4) is 0 Å². The molecule has 0 aliphatic carbocycles. The number of pyridine rings is 1. The van der Waals surface area contributed by atoms with E-state index in [1.807, 2.05) is 0 Å². The molecule has 3 nitrogen and oxygen atoms in total. The molecule has 122 valence electrons. The van der Waals surface area contributed by atoms with Crippen LogP contribution in [0.25, 0.3) is 0 Å². The molecule has 0 unspecified atom stereocenters. The molecule has 2 rings (SSSR count). The fourth-order valence-electron chi connectivity index (χ4n) is 1.93. The standard InChI is InChI=1S/C15H11ClF4N2O/c16-12-8-10(17)4-3-9(12)5-7-22-14(23)13-11(15(18,19)20)2-1-6-21-13/h1-4,6,8H,5,7H2,(H,22,23). The lowest BCUT2D eigenvalue weighted by Gasteiger charge is -2.12. The molecule has 0 saturated carbocycles. The summed E-state index contributed by atoms with van der Waals surface area (Å²) in [7, 11) is 0. The molecule has 0 radical (unpaired) electrons. The topological polar surface area (TPSA) is 42.0 Å². The first-order chi connectivity index (χ1) is 10.8. The van der Waals surface area contributed by atoms with Gasteiger partial charge in [-0.3, -0.25) is 9.78 Å². The molecule has 8 heteroatoms. The number of carbonyl (C=O) groups excluding carboxylic acids is 1. The molecule has 0 aliphatic heterocycles. The van der Waals surface area contributed by atoms with Gasteiger partial charge >= 0.3 is 6.18 Å². The maximum atomic E-state index is 12.9. The first kappa shape index (κ1) is 17.2. The molecule has 1 amide bonds. The third-order valence-corrected chi connectivity index (χ3v) is 3.38. The molecule has 1 N–H and O–H groups in total. The summed E-state index contributed by atoms with van der Waals surface area (Å²) in [4.78, 5) is 15.4. The van der Waals surface area contributed by atoms with E-state index in [-0.39, 0.29) is 18.0 Å². The lowest BCUT2D eigenvalue weighted by molar-refractivity contribution is -0.138. The Morgan fingerprint density at radius 1 is 1.26 bits per heavy atom. The molecular formula is C15H11ClF4N2O. The highest BCUT2D eigenvalue weighted by molar-refractivity contribution is 6.31. The SMILES string of the molecule is O=C(NCCc1ccc(F)cc1Cl)c1ncccc1C(F)(F)F. The van der Waals surface area contributed by atoms with Crippen molar-refractivity contribution in [3.8, 4) is 0 Å². The number of hydrogen-bond acceptors (Lipinski definition) is 2. The van der Waals surface area contributed by atoms with Gasteiger partial charge in [0, 0.05) is 17.8 Å². The Labute approximate surface area is 134 Å². The van der Waals surface area contributed by atoms with Crippen LogP contribution in [-0.4, -0.2) is 17.4 Å². The van der Waals surface area contributed by atoms with Gasteiger partial charge in [0.05, 0.1) is 5.56 Å². The van der Waals surface area contributed by atoms with Gasteiger partial charge < -0.3 is 5.32 Å². The van der Waals surface area contributed by atoms with Crippen LogP contribution in [0.4, 0.5) is 17.6 Å². The van der Waals surface area contributed by atoms with Crippen molar-refractivity contribution in [2.45, 2.75) is 12.6 Å². The molecule has 0 atom stereocenters. The van der Waals surface area contributed by atoms with Gasteiger partial charge in [-0.15, -0.1) is 0 Å². The Kier molecular flexibility index (Phi) is 5.20. The van der Waals surface area contributed by atoms with Gasteiger partial charge in [-0.05, 0) is 36.2 Å². The number of benzene rings is 1. The van der Waals surface area contributed by atoms with E-state index in [0.29, 0.717) is 5.56 Å². The first-order valence-corrected chi connectivity index (χ1v) is 6.91. The van der Waals surface area contributed by atoms with Crippen molar-refractivity contribution in [3.63, 3.8) is 0 Å². The zero-order chi connectivity index (χ0) is 17.0. The van der Waals surface area contributed by atoms with Crippen LogP contribution in [0.5, 0.6) is 0 Å². The Bertz CT molecular complexity index is 719. The summed E-state index contributed by atoms with van der Waals surface area (Å²) in [6.07, 6.45) is -3.30. The summed E-state index contributed by atoms with van der Waals surface area (Å²) in [5.41, 5.74) is -1.21. The van der Waals surface area contributed by atoms with Gasteiger partial charge in [0.2, 0.25) is 0 Å². The van der Waals surface area contributed by atoms with Crippen LogP contribution < -0.4 is 5.32 Å². The Morgan fingerprint density at radius 3 is 2.65 bits per heavy atom. The minimum atomic E-state index is -4.67. The maximum absolute atomic E-state index is 12.9. The first-order valence-electron chi connectivity index (χ1n) is 6.53. The fraction of sp³-hybridized carbons (Fsp3) is 0.200. The molecule has 0 fully saturated rings. The molecule has 2 aromatic rings. The number of amides is 1. The normalized spacial score (nSPS) is 11.3. The minimum Gasteiger partial charge on any atom is -0.350 e. The molecule has 0 aliphatic rings. The molecule has 1 heterocycles. The van der Waals surface area contributed by atoms with E-state index in [9.17, 15) is 22.4 Å². The van der Waals surface area contributed by atoms with E-state index in [1.54, 1.807) is 0 Å². The van der Waals surface area contributed by atoms with E-state index in [4.69, 9.17) is 11.6 Å². The lowest BCUT2D eigenvalue weighted by atomic mass is 10.1. The van der Waals surface area contributed by atoms with E-state index in [1.165, 1.54) is 12.1 Å². The molecule has 0 bridgehead atoms. The molecular weight excluding hydrogens is 336 g/mol. The van der Waals surface area contributed by atoms with E-state index < -0.39 is 29.2 Å². The number of alkyl halides is 3. The quantitative estimate of drug-likeness (QED) is 0.854. The Morgan fingerprint density at radius 2 is 2.00 bits per heavy atom. The van der Waals surface area contributed by atoms with Crippen LogP contribution in [-0.2, 0) is 12.6 Å². The number of nitrogens with one attached hydrogen (secondary N) is 1. The second kappa shape index (κ2) is 6.95. The van der Waals surface area contributed by atoms with E-state index in [0.717, 1.165) is 24.4 Å². The van der Waals surface area contributed by atoms with Crippen LogP contribution in [0, 0.1) is 5.82 Å². The van der Waals surface area contributed by atoms with Crippen molar-refractivity contribution in [2.75, 3.05) is 6.54 Å². The van der Waals surface area contributed by atoms with Gasteiger partial charge in [0.1, 0.15) is 11.5 Å². The molecule has 0 saturated heterocycles. The summed E-state index contributed by atoms with van der Waals surface area (Å²) < 4.78 is 51.3. The van der Waals surface area contributed by atoms with Crippen molar-refractivity contribution in [1.82, 2.24) is 10.3 Å². The number of hydrogen-bond donors (Lipinski definition) is 1. The van der Waals surface area contributed by atoms with Crippen molar-refractivity contribution in [1.29, 1.82) is 0 Å². The van der Waals surface area contributed by atoms with Crippen molar-refractivity contribution >= 4 is 17.5 Å². The smallest absolute Gasteiger partial charge is 0.350 e. The van der Waals surface area contributed by atoms with Crippen LogP contribution >= 0.6 is 11.6 Å². The summed E-state index contributed by atoms with van der Waals surface area (Å²) in [6, 6.07) is 5.69. The predicted molar refractivity (Wildman–Crippen MR) is 76.7 cm³/mol. The molecule has 1 aromatic carbocycles. The third-order valence-electron chi connectivity index (χ3n) is 3.02. The second-order valence-electron chi connectivity index (χ2n) is 4.64. The zero-order valence-corrected chi connectivity index (χ0v) is 12.4. The van der Waals surface area contributed by atoms with Crippen molar-refractivity contribution in [3.05, 3.63) is 64.2 Å². The number of rotatable bonds is 4. The summed E-state index contributed by atoms with van der Waals surface area (Å²) in [5.74, 6) is -1.43. The molecule has 0 spiro atoms. The van der Waals surface area contributed by atoms with Crippen LogP contribution in [0.1, 0.15) is 21.6 Å². The number of carbonyl (C=O) groups is 1. The Hall–Kier alpha value is -2.15. The largest absolute Gasteiger partial charge is 0.418 e. The average Bonchev–Trinajstić information content (AvgIpc) is 2.48. The summed E-state index contributed by atoms with van der Waals surface area (Å²) in [5, 5.41) is 2.54. The predicted octanol–water partition coefficient (Wildman–Crippen LogP) is 3.87. The average molecular weight is 347 g/mol. The summed E-state index contributed by atoms with van der Waals surface area (Å²) in [6.45, 7) is 0.0397. The van der Waals surface area contributed by atoms with Crippen LogP contribution in [0.2, 0.25) is 5.02 Å². The highest BCUT2D eigenvalue weighted by Crippen LogP contribution is 2.30. The van der Waals surface area contributed by atoms with E-state index >= 15 is 0 Å². The molecule has 23 heavy (non-hydrogen) atoms. The lowest BCUT2D eigenvalue weighted by Crippen LogP contribution is -2.29. The van der Waals surface area contributed by atoms with E-state index in [2.05, 4.69) is 10.3 Å². The number of halogens is 5. The summed E-state index contributed by atoms with van der Waals surface area (Å²) >= 11 is 5.83. The molecule has 1 aromatic heterocycles. The minimum absolute atomic E-state index is 0.0397. The van der Waals surface area contributed by atoms with Gasteiger partial charge in [0.15, 0.2) is 0 Å². The van der Waals surface area contributed by atoms with Crippen molar-refractivity contribution < 1.29 is 22.4 Å². The maximum Gasteiger partial charge on any atom is 0.418 e. The van der Waals surface area contributed by atoms with Gasteiger partial charge in [-0.1, -0.05) is 17.7 Å². The monoisotopic (exact) mass is 346 g/mol. The fourth-order valence-corrected chi connectivity index (χ4v) is 2.20. The van der Waals surface area contributed by atoms with Gasteiger partial charge in [-0.25, -0.2) is 4.39 Å². The zero-order valence-electron chi connectivity index (χ0n) is 11.6. The third kappa shape index (κ3) is 4.41. The number of nitrogens with zero attached hydrogens (tertiary/aromatic N) is 1. The second-order valence-corrected chi connectivity index (χ2v) is 5.05. The Balaban J connectivity index is 2.03. The highest BCUT2D eigenvalue weighted by atomic mass is 35.5. The van der Waals surface area contributed by atoms with Gasteiger partial charge in [-0.2, -0.15) is 13.2 Å². The van der Waals surface area contributed by atoms with Crippen LogP contribution in [0.15, 0.2) is 36.5 Å². The highest BCUT2D eigenvalue weighted by Gasteiger charge is 2.35.